The monoisotopic (exact) mass is 1140 g/mol. The second kappa shape index (κ2) is 69.3. The van der Waals surface area contributed by atoms with E-state index < -0.39 is 6.10 Å². The molecule has 0 bridgehead atoms. The fourth-order valence-corrected chi connectivity index (χ4v) is 8.79. The predicted octanol–water partition coefficient (Wildman–Crippen LogP) is 23.4. The Labute approximate surface area is 511 Å². The number of carbonyl (C=O) groups excluding carboxylic acids is 3. The van der Waals surface area contributed by atoms with E-state index in [2.05, 4.69) is 191 Å². The summed E-state index contributed by atoms with van der Waals surface area (Å²) in [5.74, 6) is -1.02. The van der Waals surface area contributed by atoms with Crippen molar-refractivity contribution in [1.29, 1.82) is 0 Å². The summed E-state index contributed by atoms with van der Waals surface area (Å²) >= 11 is 0. The van der Waals surface area contributed by atoms with Gasteiger partial charge in [-0.3, -0.25) is 14.4 Å². The molecule has 0 aliphatic carbocycles. The summed E-state index contributed by atoms with van der Waals surface area (Å²) in [7, 11) is 0. The van der Waals surface area contributed by atoms with Gasteiger partial charge in [0.25, 0.3) is 0 Å². The Balaban J connectivity index is 4.31. The van der Waals surface area contributed by atoms with Crippen molar-refractivity contribution in [2.45, 2.75) is 284 Å². The van der Waals surface area contributed by atoms with E-state index in [1.165, 1.54) is 96.3 Å². The van der Waals surface area contributed by atoms with Crippen LogP contribution in [0.4, 0.5) is 0 Å². The van der Waals surface area contributed by atoms with Gasteiger partial charge in [0.05, 0.1) is 0 Å². The van der Waals surface area contributed by atoms with Crippen LogP contribution in [-0.4, -0.2) is 37.2 Å². The van der Waals surface area contributed by atoms with E-state index in [1.807, 2.05) is 0 Å². The van der Waals surface area contributed by atoms with Crippen LogP contribution in [0.1, 0.15) is 278 Å². The molecule has 83 heavy (non-hydrogen) atoms. The number of hydrogen-bond donors (Lipinski definition) is 0. The Morgan fingerprint density at radius 1 is 0.241 bits per heavy atom. The number of carbonyl (C=O) groups is 3. The summed E-state index contributed by atoms with van der Waals surface area (Å²) in [5.41, 5.74) is 0. The Morgan fingerprint density at radius 3 is 0.735 bits per heavy atom. The molecule has 0 aromatic carbocycles. The molecule has 0 radical (unpaired) electrons. The normalized spacial score (nSPS) is 13.2. The fourth-order valence-electron chi connectivity index (χ4n) is 8.79. The third-order valence-corrected chi connectivity index (χ3v) is 13.7. The molecule has 0 saturated carbocycles. The summed E-state index contributed by atoms with van der Waals surface area (Å²) in [6, 6.07) is 0. The van der Waals surface area contributed by atoms with Crippen LogP contribution in [0.2, 0.25) is 0 Å². The highest BCUT2D eigenvalue weighted by atomic mass is 16.6. The molecule has 1 unspecified atom stereocenters. The topological polar surface area (TPSA) is 78.9 Å². The van der Waals surface area contributed by atoms with Gasteiger partial charge in [0.15, 0.2) is 6.10 Å². The lowest BCUT2D eigenvalue weighted by Gasteiger charge is -2.18. The first-order chi connectivity index (χ1) is 41.0. The van der Waals surface area contributed by atoms with E-state index in [0.717, 1.165) is 128 Å². The van der Waals surface area contributed by atoms with Gasteiger partial charge in [0, 0.05) is 19.3 Å². The molecule has 0 rings (SSSR count). The maximum atomic E-state index is 12.9. The third-order valence-electron chi connectivity index (χ3n) is 13.7. The number of rotatable bonds is 59. The van der Waals surface area contributed by atoms with Crippen molar-refractivity contribution >= 4 is 17.9 Å². The Hall–Kier alpha value is -5.23. The number of allylic oxidation sites excluding steroid dienone is 28. The molecule has 6 heteroatoms. The van der Waals surface area contributed by atoms with E-state index in [-0.39, 0.29) is 44.0 Å². The van der Waals surface area contributed by atoms with Gasteiger partial charge >= 0.3 is 17.9 Å². The molecule has 0 aromatic heterocycles. The highest BCUT2D eigenvalue weighted by Gasteiger charge is 2.19. The number of unbranched alkanes of at least 4 members (excludes halogenated alkanes) is 20. The van der Waals surface area contributed by atoms with E-state index in [9.17, 15) is 14.4 Å². The molecule has 0 saturated heterocycles. The molecule has 0 N–H and O–H groups in total. The Morgan fingerprint density at radius 2 is 0.446 bits per heavy atom. The third kappa shape index (κ3) is 67.4. The first-order valence-corrected chi connectivity index (χ1v) is 33.6. The van der Waals surface area contributed by atoms with E-state index >= 15 is 0 Å². The standard InChI is InChI=1S/C77H122O6/c1-4-7-10-13-16-19-22-25-28-30-31-32-33-34-35-36-37-38-39-40-41-42-43-44-45-47-49-52-55-58-61-64-67-70-76(79)82-73-74(72-81-75(78)69-66-63-60-57-54-51-48-27-24-21-18-15-12-9-6-3)83-77(80)71-68-65-62-59-56-53-50-46-29-26-23-20-17-14-11-8-5-2/h7-12,16-21,25-29,31-32,34-35,48,50,53-54,57,59,62,74H,4-6,13-15,22-24,30,33,36-47,49,51-52,55-56,58,60-61,63-73H2,1-3H3/b10-7-,11-8-,12-9-,19-16-,20-17-,21-18-,28-25-,29-26-,32-31-,35-34-,48-27-,53-50-,57-54-,62-59-. The lowest BCUT2D eigenvalue weighted by molar-refractivity contribution is -0.167. The SMILES string of the molecule is CC/C=C\C/C=C\C/C=C\C/C=C\C/C=C\CCCCCCCCCCCCCCCCCCCC(=O)OCC(COC(=O)CCCC/C=C\C/C=C\C/C=C\C/C=C\CC)OC(=O)CCC/C=C\C/C=C\C/C=C\C/C=C\C/C=C\CC. The lowest BCUT2D eigenvalue weighted by Crippen LogP contribution is -2.30. The smallest absolute Gasteiger partial charge is 0.306 e. The minimum Gasteiger partial charge on any atom is -0.462 e. The quantitative estimate of drug-likeness (QED) is 0.0261. The van der Waals surface area contributed by atoms with Crippen molar-refractivity contribution in [3.8, 4) is 0 Å². The van der Waals surface area contributed by atoms with Gasteiger partial charge in [-0.05, 0) is 141 Å². The molecule has 0 amide bonds. The van der Waals surface area contributed by atoms with Crippen LogP contribution in [0.15, 0.2) is 170 Å². The molecule has 0 fully saturated rings. The van der Waals surface area contributed by atoms with Gasteiger partial charge < -0.3 is 14.2 Å². The first kappa shape index (κ1) is 77.8. The molecule has 0 aromatic rings. The minimum absolute atomic E-state index is 0.119. The van der Waals surface area contributed by atoms with E-state index in [0.29, 0.717) is 19.3 Å². The van der Waals surface area contributed by atoms with Crippen molar-refractivity contribution in [2.24, 2.45) is 0 Å². The highest BCUT2D eigenvalue weighted by Crippen LogP contribution is 2.16. The number of hydrogen-bond acceptors (Lipinski definition) is 6. The second-order valence-electron chi connectivity index (χ2n) is 21.6. The van der Waals surface area contributed by atoms with E-state index in [1.54, 1.807) is 0 Å². The van der Waals surface area contributed by atoms with Gasteiger partial charge in [0.2, 0.25) is 0 Å². The van der Waals surface area contributed by atoms with Crippen LogP contribution < -0.4 is 0 Å². The van der Waals surface area contributed by atoms with Crippen LogP contribution in [0, 0.1) is 0 Å². The summed E-state index contributed by atoms with van der Waals surface area (Å²) < 4.78 is 16.8. The van der Waals surface area contributed by atoms with Crippen molar-refractivity contribution in [1.82, 2.24) is 0 Å². The van der Waals surface area contributed by atoms with Gasteiger partial charge in [-0.15, -0.1) is 0 Å². The van der Waals surface area contributed by atoms with Crippen molar-refractivity contribution in [2.75, 3.05) is 13.2 Å². The van der Waals surface area contributed by atoms with Gasteiger partial charge in [-0.2, -0.15) is 0 Å². The maximum absolute atomic E-state index is 12.9. The predicted molar refractivity (Wildman–Crippen MR) is 361 cm³/mol. The van der Waals surface area contributed by atoms with Gasteiger partial charge in [-0.1, -0.05) is 287 Å². The number of esters is 3. The molecule has 0 heterocycles. The summed E-state index contributed by atoms with van der Waals surface area (Å²) in [4.78, 5) is 38.3. The highest BCUT2D eigenvalue weighted by molar-refractivity contribution is 5.71. The molecule has 0 aliphatic rings. The molecule has 6 nitrogen and oxygen atoms in total. The van der Waals surface area contributed by atoms with Gasteiger partial charge in [0.1, 0.15) is 13.2 Å². The van der Waals surface area contributed by atoms with Gasteiger partial charge in [-0.25, -0.2) is 0 Å². The Bertz CT molecular complexity index is 1890. The Kier molecular flexibility index (Phi) is 64.9. The molecular weight excluding hydrogens is 1020 g/mol. The molecule has 466 valence electrons. The van der Waals surface area contributed by atoms with Crippen LogP contribution in [-0.2, 0) is 28.6 Å². The first-order valence-electron chi connectivity index (χ1n) is 33.6. The molecular formula is C77H122O6. The van der Waals surface area contributed by atoms with E-state index in [4.69, 9.17) is 14.2 Å². The lowest BCUT2D eigenvalue weighted by atomic mass is 10.0. The average molecular weight is 1140 g/mol. The second-order valence-corrected chi connectivity index (χ2v) is 21.6. The van der Waals surface area contributed by atoms with Crippen LogP contribution in [0.5, 0.6) is 0 Å². The summed E-state index contributed by atoms with van der Waals surface area (Å²) in [6.07, 6.45) is 102. The fraction of sp³-hybridized carbons (Fsp3) is 0.597. The summed E-state index contributed by atoms with van der Waals surface area (Å²) in [5, 5.41) is 0. The number of ether oxygens (including phenoxy) is 3. The van der Waals surface area contributed by atoms with Crippen molar-refractivity contribution in [3.05, 3.63) is 170 Å². The average Bonchev–Trinajstić information content (AvgIpc) is 3.49. The summed E-state index contributed by atoms with van der Waals surface area (Å²) in [6.45, 7) is 6.22. The zero-order chi connectivity index (χ0) is 59.9. The zero-order valence-electron chi connectivity index (χ0n) is 53.4. The van der Waals surface area contributed by atoms with Crippen molar-refractivity contribution < 1.29 is 28.6 Å². The molecule has 0 spiro atoms. The zero-order valence-corrected chi connectivity index (χ0v) is 53.4. The van der Waals surface area contributed by atoms with Crippen LogP contribution in [0.25, 0.3) is 0 Å². The molecule has 1 atom stereocenters. The van der Waals surface area contributed by atoms with Crippen LogP contribution in [0.3, 0.4) is 0 Å². The van der Waals surface area contributed by atoms with Crippen molar-refractivity contribution in [3.63, 3.8) is 0 Å². The largest absolute Gasteiger partial charge is 0.462 e. The molecule has 0 aliphatic heterocycles. The maximum Gasteiger partial charge on any atom is 0.306 e. The minimum atomic E-state index is -0.833. The van der Waals surface area contributed by atoms with Crippen LogP contribution >= 0.6 is 0 Å².